The fourth-order valence-electron chi connectivity index (χ4n) is 5.35. The minimum atomic E-state index is -0.631. The monoisotopic (exact) mass is 400 g/mol. The summed E-state index contributed by atoms with van der Waals surface area (Å²) in [7, 11) is 0. The lowest BCUT2D eigenvalue weighted by Crippen LogP contribution is -2.23. The normalized spacial score (nSPS) is 25.4. The molecule has 1 fully saturated rings. The molecule has 0 amide bonds. The number of hydrogen-bond donors (Lipinski definition) is 0. The third-order valence-corrected chi connectivity index (χ3v) is 7.27. The Bertz CT molecular complexity index is 707. The number of benzene rings is 1. The Balaban J connectivity index is 1.57. The first-order valence-electron chi connectivity index (χ1n) is 11.9. The molecule has 2 aliphatic rings. The summed E-state index contributed by atoms with van der Waals surface area (Å²) >= 11 is 0. The van der Waals surface area contributed by atoms with Gasteiger partial charge >= 0.3 is 0 Å². The van der Waals surface area contributed by atoms with Gasteiger partial charge in [0.1, 0.15) is 0 Å². The summed E-state index contributed by atoms with van der Waals surface area (Å²) in [5.74, 6) is 1.15. The summed E-state index contributed by atoms with van der Waals surface area (Å²) in [4.78, 5) is 0. The fraction of sp³-hybridized carbons (Fsp3) is 0.630. The minimum Gasteiger partial charge on any atom is -0.203 e. The lowest BCUT2D eigenvalue weighted by Gasteiger charge is -2.35. The van der Waals surface area contributed by atoms with Crippen molar-refractivity contribution in [3.05, 3.63) is 53.1 Å². The second-order valence-electron chi connectivity index (χ2n) is 9.21. The van der Waals surface area contributed by atoms with Crippen molar-refractivity contribution >= 4 is 5.57 Å². The van der Waals surface area contributed by atoms with Crippen molar-refractivity contribution in [2.24, 2.45) is 17.8 Å². The van der Waals surface area contributed by atoms with E-state index in [0.29, 0.717) is 17.5 Å². The van der Waals surface area contributed by atoms with Gasteiger partial charge in [-0.25, -0.2) is 8.78 Å². The Hall–Kier alpha value is -1.44. The lowest BCUT2D eigenvalue weighted by molar-refractivity contribution is 0.195. The first kappa shape index (κ1) is 22.2. The Labute approximate surface area is 176 Å². The van der Waals surface area contributed by atoms with Crippen LogP contribution < -0.4 is 0 Å². The number of unbranched alkanes of at least 4 members (excludes halogenated alkanes) is 2. The molecule has 160 valence electrons. The number of aryl methyl sites for hydroxylation is 1. The van der Waals surface area contributed by atoms with Crippen LogP contribution in [0, 0.1) is 29.4 Å². The highest BCUT2D eigenvalue weighted by atomic mass is 19.2. The molecular formula is C27H38F2. The van der Waals surface area contributed by atoms with Crippen molar-refractivity contribution in [2.75, 3.05) is 0 Å². The van der Waals surface area contributed by atoms with Crippen LogP contribution >= 0.6 is 0 Å². The molecule has 1 atom stereocenters. The molecule has 0 N–H and O–H groups in total. The maximum atomic E-state index is 14.7. The van der Waals surface area contributed by atoms with Gasteiger partial charge in [0.05, 0.1) is 0 Å². The van der Waals surface area contributed by atoms with Crippen LogP contribution in [0.15, 0.2) is 30.4 Å². The highest BCUT2D eigenvalue weighted by Gasteiger charge is 2.29. The van der Waals surface area contributed by atoms with Gasteiger partial charge in [-0.3, -0.25) is 0 Å². The van der Waals surface area contributed by atoms with Gasteiger partial charge in [0.25, 0.3) is 0 Å². The molecular weight excluding hydrogens is 362 g/mol. The van der Waals surface area contributed by atoms with Gasteiger partial charge < -0.3 is 0 Å². The van der Waals surface area contributed by atoms with E-state index in [9.17, 15) is 8.78 Å². The number of hydrogen-bond acceptors (Lipinski definition) is 0. The molecule has 29 heavy (non-hydrogen) atoms. The lowest BCUT2D eigenvalue weighted by atomic mass is 9.70. The molecule has 1 unspecified atom stereocenters. The minimum absolute atomic E-state index is 0.496. The molecule has 0 nitrogen and oxygen atoms in total. The third-order valence-electron chi connectivity index (χ3n) is 7.27. The van der Waals surface area contributed by atoms with Crippen molar-refractivity contribution in [2.45, 2.75) is 90.9 Å². The fourth-order valence-corrected chi connectivity index (χ4v) is 5.35. The summed E-state index contributed by atoms with van der Waals surface area (Å²) < 4.78 is 29.3. The van der Waals surface area contributed by atoms with Crippen LogP contribution in [0.1, 0.15) is 95.6 Å². The molecule has 1 saturated carbocycles. The summed E-state index contributed by atoms with van der Waals surface area (Å²) in [6.07, 6.45) is 20.0. The molecule has 2 heteroatoms. The smallest absolute Gasteiger partial charge is 0.166 e. The largest absolute Gasteiger partial charge is 0.203 e. The van der Waals surface area contributed by atoms with E-state index in [1.54, 1.807) is 0 Å². The van der Waals surface area contributed by atoms with Crippen LogP contribution in [0.4, 0.5) is 8.78 Å². The second-order valence-corrected chi connectivity index (χ2v) is 9.21. The average Bonchev–Trinajstić information content (AvgIpc) is 2.76. The first-order chi connectivity index (χ1) is 14.1. The predicted molar refractivity (Wildman–Crippen MR) is 120 cm³/mol. The van der Waals surface area contributed by atoms with Crippen LogP contribution in [-0.4, -0.2) is 0 Å². The third kappa shape index (κ3) is 5.80. The van der Waals surface area contributed by atoms with E-state index in [4.69, 9.17) is 0 Å². The van der Waals surface area contributed by atoms with Crippen LogP contribution in [-0.2, 0) is 6.42 Å². The zero-order valence-electron chi connectivity index (χ0n) is 18.4. The Morgan fingerprint density at radius 2 is 1.76 bits per heavy atom. The maximum Gasteiger partial charge on any atom is 0.166 e. The van der Waals surface area contributed by atoms with E-state index in [1.807, 2.05) is 12.1 Å². The molecule has 0 heterocycles. The molecule has 2 aliphatic carbocycles. The molecule has 0 aromatic heterocycles. The van der Waals surface area contributed by atoms with Gasteiger partial charge in [-0.2, -0.15) is 0 Å². The van der Waals surface area contributed by atoms with E-state index in [-0.39, 0.29) is 0 Å². The highest BCUT2D eigenvalue weighted by molar-refractivity contribution is 5.67. The molecule has 1 aromatic rings. The average molecular weight is 401 g/mol. The molecule has 0 radical (unpaired) electrons. The summed E-state index contributed by atoms with van der Waals surface area (Å²) in [5, 5.41) is 0. The first-order valence-corrected chi connectivity index (χ1v) is 11.9. The summed E-state index contributed by atoms with van der Waals surface area (Å²) in [5.41, 5.74) is 2.04. The van der Waals surface area contributed by atoms with Crippen molar-refractivity contribution in [1.29, 1.82) is 0 Å². The van der Waals surface area contributed by atoms with Gasteiger partial charge in [0.2, 0.25) is 0 Å². The highest BCUT2D eigenvalue weighted by Crippen LogP contribution is 2.42. The van der Waals surface area contributed by atoms with Gasteiger partial charge in [0.15, 0.2) is 11.6 Å². The van der Waals surface area contributed by atoms with Crippen LogP contribution in [0.2, 0.25) is 0 Å². The summed E-state index contributed by atoms with van der Waals surface area (Å²) in [6, 6.07) is 3.63. The topological polar surface area (TPSA) is 0 Å². The Kier molecular flexibility index (Phi) is 8.51. The summed E-state index contributed by atoms with van der Waals surface area (Å²) in [6.45, 7) is 4.23. The van der Waals surface area contributed by atoms with E-state index < -0.39 is 11.6 Å². The zero-order valence-corrected chi connectivity index (χ0v) is 18.4. The maximum absolute atomic E-state index is 14.7. The van der Waals surface area contributed by atoms with Gasteiger partial charge in [-0.15, -0.1) is 0 Å². The van der Waals surface area contributed by atoms with E-state index >= 15 is 0 Å². The predicted octanol–water partition coefficient (Wildman–Crippen LogP) is 8.65. The van der Waals surface area contributed by atoms with Crippen molar-refractivity contribution in [3.8, 4) is 0 Å². The van der Waals surface area contributed by atoms with Crippen LogP contribution in [0.25, 0.3) is 5.57 Å². The van der Waals surface area contributed by atoms with Crippen molar-refractivity contribution < 1.29 is 8.78 Å². The second kappa shape index (κ2) is 11.1. The van der Waals surface area contributed by atoms with Gasteiger partial charge in [-0.05, 0) is 100 Å². The molecule has 1 aromatic carbocycles. The van der Waals surface area contributed by atoms with Gasteiger partial charge in [0, 0.05) is 5.56 Å². The number of halogens is 2. The van der Waals surface area contributed by atoms with E-state index in [0.717, 1.165) is 61.9 Å². The molecule has 0 spiro atoms. The molecule has 0 bridgehead atoms. The zero-order chi connectivity index (χ0) is 20.6. The van der Waals surface area contributed by atoms with Crippen molar-refractivity contribution in [3.63, 3.8) is 0 Å². The van der Waals surface area contributed by atoms with Crippen molar-refractivity contribution in [1.82, 2.24) is 0 Å². The van der Waals surface area contributed by atoms with Crippen LogP contribution in [0.3, 0.4) is 0 Å². The molecule has 0 saturated heterocycles. The Morgan fingerprint density at radius 1 is 0.966 bits per heavy atom. The van der Waals surface area contributed by atoms with Crippen LogP contribution in [0.5, 0.6) is 0 Å². The quantitative estimate of drug-likeness (QED) is 0.302. The number of allylic oxidation sites excluding steroid dienone is 4. The molecule has 0 aliphatic heterocycles. The Morgan fingerprint density at radius 3 is 2.41 bits per heavy atom. The van der Waals surface area contributed by atoms with E-state index in [1.165, 1.54) is 32.1 Å². The molecule has 3 rings (SSSR count). The standard InChI is InChI=1S/C27H38F2/c1-3-5-7-9-24-18-19-25(27(29)26(24)28)23-16-14-22(15-17-23)21-12-10-20(11-13-21)8-6-4-2/h4,6,16,18-22H,3,5,7-15,17H2,1-2H3. The van der Waals surface area contributed by atoms with Gasteiger partial charge in [-0.1, -0.05) is 50.1 Å². The SMILES string of the molecule is CC=CCC1CCC(C2CC=C(c3ccc(CCCCC)c(F)c3F)CC2)CC1. The van der Waals surface area contributed by atoms with E-state index in [2.05, 4.69) is 32.1 Å². The number of rotatable bonds is 8.